The maximum Gasteiger partial charge on any atom is 0.191 e. The van der Waals surface area contributed by atoms with Crippen molar-refractivity contribution in [2.24, 2.45) is 4.99 Å². The molecule has 0 spiro atoms. The van der Waals surface area contributed by atoms with Crippen molar-refractivity contribution in [2.75, 3.05) is 27.2 Å². The first-order valence-electron chi connectivity index (χ1n) is 10.1. The Bertz CT molecular complexity index is 899. The molecule has 0 radical (unpaired) electrons. The van der Waals surface area contributed by atoms with Crippen molar-refractivity contribution in [2.45, 2.75) is 32.0 Å². The summed E-state index contributed by atoms with van der Waals surface area (Å²) in [6.07, 6.45) is 1.99. The van der Waals surface area contributed by atoms with Crippen LogP contribution in [0.3, 0.4) is 0 Å². The molecule has 3 rings (SSSR count). The van der Waals surface area contributed by atoms with Gasteiger partial charge in [-0.15, -0.1) is 0 Å². The maximum atomic E-state index is 13.9. The van der Waals surface area contributed by atoms with Crippen molar-refractivity contribution < 1.29 is 9.13 Å². The van der Waals surface area contributed by atoms with Crippen molar-refractivity contribution in [1.82, 2.24) is 15.5 Å². The van der Waals surface area contributed by atoms with Crippen LogP contribution in [0.4, 0.5) is 4.39 Å². The number of ether oxygens (including phenoxy) is 1. The molecular formula is C23H28FN5O. The maximum absolute atomic E-state index is 13.9. The first-order chi connectivity index (χ1) is 14.6. The lowest BCUT2D eigenvalue weighted by Gasteiger charge is -2.33. The molecule has 1 fully saturated rings. The van der Waals surface area contributed by atoms with Crippen LogP contribution in [-0.4, -0.2) is 44.1 Å². The van der Waals surface area contributed by atoms with Crippen molar-refractivity contribution >= 4 is 5.96 Å². The van der Waals surface area contributed by atoms with Gasteiger partial charge in [-0.3, -0.25) is 9.89 Å². The zero-order valence-corrected chi connectivity index (χ0v) is 17.5. The fourth-order valence-corrected chi connectivity index (χ4v) is 3.57. The summed E-state index contributed by atoms with van der Waals surface area (Å²) in [6, 6.07) is 15.2. The number of guanidine groups is 1. The predicted octanol–water partition coefficient (Wildman–Crippen LogP) is 3.04. The van der Waals surface area contributed by atoms with E-state index in [0.29, 0.717) is 18.2 Å². The molecule has 1 aliphatic heterocycles. The smallest absolute Gasteiger partial charge is 0.191 e. The minimum absolute atomic E-state index is 0.279. The molecule has 1 aliphatic rings. The molecule has 30 heavy (non-hydrogen) atoms. The topological polar surface area (TPSA) is 72.7 Å². The summed E-state index contributed by atoms with van der Waals surface area (Å²) in [5.74, 6) is 0.736. The van der Waals surface area contributed by atoms with E-state index >= 15 is 0 Å². The van der Waals surface area contributed by atoms with Gasteiger partial charge in [-0.1, -0.05) is 18.2 Å². The summed E-state index contributed by atoms with van der Waals surface area (Å²) in [5.41, 5.74) is 2.71. The van der Waals surface area contributed by atoms with Crippen LogP contribution in [0.2, 0.25) is 0 Å². The average molecular weight is 410 g/mol. The quantitative estimate of drug-likeness (QED) is 0.567. The summed E-state index contributed by atoms with van der Waals surface area (Å²) in [6.45, 7) is 3.27. The number of nitriles is 1. The van der Waals surface area contributed by atoms with Crippen molar-refractivity contribution in [1.29, 1.82) is 5.26 Å². The second-order valence-electron chi connectivity index (χ2n) is 7.40. The zero-order chi connectivity index (χ0) is 21.3. The van der Waals surface area contributed by atoms with Gasteiger partial charge in [-0.05, 0) is 48.2 Å². The lowest BCUT2D eigenvalue weighted by Crippen LogP contribution is -2.48. The minimum Gasteiger partial charge on any atom is -0.494 e. The number of benzene rings is 2. The van der Waals surface area contributed by atoms with Gasteiger partial charge in [0.15, 0.2) is 17.5 Å². The normalized spacial score (nSPS) is 15.5. The molecule has 2 N–H and O–H groups in total. The molecule has 0 aromatic heterocycles. The van der Waals surface area contributed by atoms with Gasteiger partial charge in [0.1, 0.15) is 0 Å². The van der Waals surface area contributed by atoms with Gasteiger partial charge in [0.2, 0.25) is 0 Å². The monoisotopic (exact) mass is 409 g/mol. The van der Waals surface area contributed by atoms with E-state index in [2.05, 4.69) is 26.6 Å². The Hall–Kier alpha value is -3.11. The Kier molecular flexibility index (Phi) is 7.63. The van der Waals surface area contributed by atoms with Crippen LogP contribution in [0.1, 0.15) is 29.5 Å². The van der Waals surface area contributed by atoms with Gasteiger partial charge in [0, 0.05) is 39.3 Å². The number of aliphatic imine (C=N–C) groups is 1. The van der Waals surface area contributed by atoms with E-state index in [1.165, 1.54) is 7.11 Å². The SMILES string of the molecule is CN=C(NCc1ccc(C#N)cc1)NC1CCN(Cc2ccc(OC)c(F)c2)CC1. The number of rotatable bonds is 6. The predicted molar refractivity (Wildman–Crippen MR) is 116 cm³/mol. The summed E-state index contributed by atoms with van der Waals surface area (Å²) in [5, 5.41) is 15.7. The van der Waals surface area contributed by atoms with E-state index in [1.807, 2.05) is 30.3 Å². The Labute approximate surface area is 177 Å². The summed E-state index contributed by atoms with van der Waals surface area (Å²) >= 11 is 0. The first-order valence-corrected chi connectivity index (χ1v) is 10.1. The van der Waals surface area contributed by atoms with E-state index in [1.54, 1.807) is 19.2 Å². The van der Waals surface area contributed by atoms with Gasteiger partial charge >= 0.3 is 0 Å². The number of nitrogens with zero attached hydrogens (tertiary/aromatic N) is 3. The molecule has 2 aromatic rings. The molecule has 1 heterocycles. The Morgan fingerprint density at radius 3 is 2.50 bits per heavy atom. The average Bonchev–Trinajstić information content (AvgIpc) is 2.78. The number of nitrogens with one attached hydrogen (secondary N) is 2. The third-order valence-electron chi connectivity index (χ3n) is 5.32. The van der Waals surface area contributed by atoms with Gasteiger partial charge in [-0.2, -0.15) is 5.26 Å². The molecular weight excluding hydrogens is 381 g/mol. The second kappa shape index (κ2) is 10.6. The van der Waals surface area contributed by atoms with Gasteiger partial charge in [-0.25, -0.2) is 4.39 Å². The number of piperidine rings is 1. The lowest BCUT2D eigenvalue weighted by atomic mass is 10.0. The molecule has 0 unspecified atom stereocenters. The third kappa shape index (κ3) is 5.94. The highest BCUT2D eigenvalue weighted by molar-refractivity contribution is 5.79. The highest BCUT2D eigenvalue weighted by atomic mass is 19.1. The first kappa shape index (κ1) is 21.6. The molecule has 0 aliphatic carbocycles. The molecule has 6 nitrogen and oxygen atoms in total. The van der Waals surface area contributed by atoms with Crippen LogP contribution in [0, 0.1) is 17.1 Å². The molecule has 1 saturated heterocycles. The van der Waals surface area contributed by atoms with E-state index in [4.69, 9.17) is 10.00 Å². The molecule has 0 saturated carbocycles. The molecule has 0 bridgehead atoms. The molecule has 7 heteroatoms. The standard InChI is InChI=1S/C23H28FN5O/c1-26-23(27-15-18-5-3-17(14-25)4-6-18)28-20-9-11-29(12-10-20)16-19-7-8-22(30-2)21(24)13-19/h3-8,13,20H,9-12,15-16H2,1-2H3,(H2,26,27,28). The minimum atomic E-state index is -0.316. The van der Waals surface area contributed by atoms with Crippen molar-refractivity contribution in [3.8, 4) is 11.8 Å². The summed E-state index contributed by atoms with van der Waals surface area (Å²) in [7, 11) is 3.24. The second-order valence-corrected chi connectivity index (χ2v) is 7.40. The Morgan fingerprint density at radius 1 is 1.20 bits per heavy atom. The Balaban J connectivity index is 1.43. The Morgan fingerprint density at radius 2 is 1.90 bits per heavy atom. The zero-order valence-electron chi connectivity index (χ0n) is 17.5. The fraction of sp³-hybridized carbons (Fsp3) is 0.391. The summed E-state index contributed by atoms with van der Waals surface area (Å²) in [4.78, 5) is 6.66. The van der Waals surface area contributed by atoms with Crippen LogP contribution < -0.4 is 15.4 Å². The van der Waals surface area contributed by atoms with Crippen LogP contribution in [0.5, 0.6) is 5.75 Å². The van der Waals surface area contributed by atoms with Crippen LogP contribution in [0.15, 0.2) is 47.5 Å². The van der Waals surface area contributed by atoms with Crippen LogP contribution >= 0.6 is 0 Å². The van der Waals surface area contributed by atoms with Crippen LogP contribution in [-0.2, 0) is 13.1 Å². The van der Waals surface area contributed by atoms with Gasteiger partial charge < -0.3 is 15.4 Å². The molecule has 0 atom stereocenters. The van der Waals surface area contributed by atoms with Gasteiger partial charge in [0.05, 0.1) is 18.7 Å². The fourth-order valence-electron chi connectivity index (χ4n) is 3.57. The van der Waals surface area contributed by atoms with Crippen molar-refractivity contribution in [3.05, 3.63) is 65.0 Å². The molecule has 158 valence electrons. The number of likely N-dealkylation sites (tertiary alicyclic amines) is 1. The summed E-state index contributed by atoms with van der Waals surface area (Å²) < 4.78 is 18.9. The van der Waals surface area contributed by atoms with Crippen LogP contribution in [0.25, 0.3) is 0 Å². The highest BCUT2D eigenvalue weighted by Crippen LogP contribution is 2.20. The van der Waals surface area contributed by atoms with E-state index in [-0.39, 0.29) is 11.6 Å². The largest absolute Gasteiger partial charge is 0.494 e. The van der Waals surface area contributed by atoms with E-state index < -0.39 is 0 Å². The molecule has 0 amide bonds. The molecule has 2 aromatic carbocycles. The van der Waals surface area contributed by atoms with E-state index in [9.17, 15) is 4.39 Å². The highest BCUT2D eigenvalue weighted by Gasteiger charge is 2.20. The number of hydrogen-bond acceptors (Lipinski definition) is 4. The number of hydrogen-bond donors (Lipinski definition) is 2. The van der Waals surface area contributed by atoms with Crippen molar-refractivity contribution in [3.63, 3.8) is 0 Å². The van der Waals surface area contributed by atoms with Gasteiger partial charge in [0.25, 0.3) is 0 Å². The third-order valence-corrected chi connectivity index (χ3v) is 5.32. The lowest BCUT2D eigenvalue weighted by molar-refractivity contribution is 0.198. The number of methoxy groups -OCH3 is 1. The van der Waals surface area contributed by atoms with E-state index in [0.717, 1.165) is 49.6 Å². The number of halogens is 1.